The van der Waals surface area contributed by atoms with Crippen LogP contribution in [0.1, 0.15) is 44.6 Å². The maximum absolute atomic E-state index is 11.8. The Labute approximate surface area is 186 Å². The van der Waals surface area contributed by atoms with E-state index in [1.54, 1.807) is 20.3 Å². The van der Waals surface area contributed by atoms with Crippen LogP contribution in [0.3, 0.4) is 0 Å². The molecule has 7 nitrogen and oxygen atoms in total. The van der Waals surface area contributed by atoms with Gasteiger partial charge in [0.2, 0.25) is 0 Å². The molecule has 0 unspecified atom stereocenters. The fourth-order valence-electron chi connectivity index (χ4n) is 2.96. The topological polar surface area (TPSA) is 75.2 Å². The number of hydrogen-bond acceptors (Lipinski definition) is 5. The van der Waals surface area contributed by atoms with E-state index in [0.29, 0.717) is 33.7 Å². The van der Waals surface area contributed by atoms with Crippen LogP contribution in [0.2, 0.25) is 0 Å². The number of halogens is 1. The second-order valence-electron chi connectivity index (χ2n) is 7.02. The molecule has 9 heteroatoms. The van der Waals surface area contributed by atoms with Crippen molar-refractivity contribution < 1.29 is 14.3 Å². The van der Waals surface area contributed by atoms with E-state index in [1.165, 1.54) is 24.2 Å². The first-order chi connectivity index (χ1) is 13.9. The molecular weight excluding hydrogens is 456 g/mol. The predicted molar refractivity (Wildman–Crippen MR) is 123 cm³/mol. The predicted octanol–water partition coefficient (Wildman–Crippen LogP) is 3.45. The Balaban J connectivity index is 1.99. The number of rotatable bonds is 8. The van der Waals surface area contributed by atoms with E-state index in [0.717, 1.165) is 18.4 Å². The summed E-state index contributed by atoms with van der Waals surface area (Å²) in [5.41, 5.74) is 3.67. The third-order valence-electron chi connectivity index (χ3n) is 4.49. The minimum Gasteiger partial charge on any atom is -0.490 e. The highest BCUT2D eigenvalue weighted by Gasteiger charge is 2.15. The summed E-state index contributed by atoms with van der Waals surface area (Å²) >= 11 is 8.81. The number of thiocarbonyl (C=S) groups is 1. The van der Waals surface area contributed by atoms with Crippen LogP contribution in [0.5, 0.6) is 11.5 Å². The first-order valence-corrected chi connectivity index (χ1v) is 11.0. The smallest absolute Gasteiger partial charge is 0.259 e. The molecule has 0 radical (unpaired) electrons. The Morgan fingerprint density at radius 3 is 2.69 bits per heavy atom. The summed E-state index contributed by atoms with van der Waals surface area (Å²) < 4.78 is 12.0. The Morgan fingerprint density at radius 2 is 2.03 bits per heavy atom. The van der Waals surface area contributed by atoms with Crippen LogP contribution in [0.25, 0.3) is 0 Å². The summed E-state index contributed by atoms with van der Waals surface area (Å²) in [6.07, 6.45) is 7.74. The Morgan fingerprint density at radius 1 is 1.31 bits per heavy atom. The quantitative estimate of drug-likeness (QED) is 0.334. The van der Waals surface area contributed by atoms with Gasteiger partial charge >= 0.3 is 0 Å². The number of hydrogen-bond donors (Lipinski definition) is 2. The molecule has 160 valence electrons. The van der Waals surface area contributed by atoms with Crippen molar-refractivity contribution in [1.82, 2.24) is 15.6 Å². The van der Waals surface area contributed by atoms with Gasteiger partial charge in [-0.2, -0.15) is 5.10 Å². The van der Waals surface area contributed by atoms with Gasteiger partial charge in [0, 0.05) is 20.1 Å². The molecule has 1 aromatic carbocycles. The molecular formula is C20H29BrN4O3S. The molecule has 0 bridgehead atoms. The van der Waals surface area contributed by atoms with Crippen LogP contribution >= 0.6 is 28.1 Å². The van der Waals surface area contributed by atoms with E-state index in [4.69, 9.17) is 21.7 Å². The van der Waals surface area contributed by atoms with Gasteiger partial charge in [0.25, 0.3) is 5.91 Å². The van der Waals surface area contributed by atoms with Gasteiger partial charge in [-0.25, -0.2) is 0 Å². The molecule has 1 saturated carbocycles. The Bertz CT molecular complexity index is 737. The van der Waals surface area contributed by atoms with Crippen LogP contribution in [0.15, 0.2) is 21.7 Å². The lowest BCUT2D eigenvalue weighted by atomic mass is 9.96. The highest BCUT2D eigenvalue weighted by Crippen LogP contribution is 2.36. The van der Waals surface area contributed by atoms with Gasteiger partial charge in [-0.05, 0) is 65.6 Å². The van der Waals surface area contributed by atoms with E-state index in [-0.39, 0.29) is 12.5 Å². The lowest BCUT2D eigenvalue weighted by molar-refractivity contribution is -0.130. The number of amides is 1. The van der Waals surface area contributed by atoms with Crippen molar-refractivity contribution in [3.8, 4) is 11.5 Å². The fourth-order valence-corrected chi connectivity index (χ4v) is 3.75. The SMILES string of the molecule is CCOc1cc(/C=N/NC(=S)NC2CCCCC2)cc(Br)c1OCC(=O)N(C)C. The van der Waals surface area contributed by atoms with Gasteiger partial charge in [-0.15, -0.1) is 0 Å². The molecule has 0 aromatic heterocycles. The van der Waals surface area contributed by atoms with Crippen molar-refractivity contribution in [2.75, 3.05) is 27.3 Å². The standard InChI is InChI=1S/C20H29BrN4O3S/c1-4-27-17-11-14(10-16(21)19(17)28-13-18(26)25(2)3)12-22-24-20(29)23-15-8-6-5-7-9-15/h10-12,15H,4-9,13H2,1-3H3,(H2,23,24,29)/b22-12+. The fraction of sp³-hybridized carbons (Fsp3) is 0.550. The lowest BCUT2D eigenvalue weighted by Gasteiger charge is -2.23. The number of benzene rings is 1. The monoisotopic (exact) mass is 484 g/mol. The van der Waals surface area contributed by atoms with Crippen molar-refractivity contribution in [3.63, 3.8) is 0 Å². The van der Waals surface area contributed by atoms with Crippen molar-refractivity contribution in [2.45, 2.75) is 45.1 Å². The average Bonchev–Trinajstić information content (AvgIpc) is 2.68. The molecule has 1 fully saturated rings. The van der Waals surface area contributed by atoms with Gasteiger partial charge in [-0.1, -0.05) is 19.3 Å². The number of likely N-dealkylation sites (N-methyl/N-ethyl adjacent to an activating group) is 1. The van der Waals surface area contributed by atoms with Crippen molar-refractivity contribution >= 4 is 45.4 Å². The zero-order valence-corrected chi connectivity index (χ0v) is 19.6. The van der Waals surface area contributed by atoms with Crippen molar-refractivity contribution in [2.24, 2.45) is 5.10 Å². The highest BCUT2D eigenvalue weighted by molar-refractivity contribution is 9.10. The number of ether oxygens (including phenoxy) is 2. The van der Waals surface area contributed by atoms with Gasteiger partial charge in [0.05, 0.1) is 17.3 Å². The molecule has 0 saturated heterocycles. The summed E-state index contributed by atoms with van der Waals surface area (Å²) in [6.45, 7) is 2.29. The third kappa shape index (κ3) is 7.81. The second-order valence-corrected chi connectivity index (χ2v) is 8.28. The van der Waals surface area contributed by atoms with E-state index in [1.807, 2.05) is 19.1 Å². The van der Waals surface area contributed by atoms with E-state index in [9.17, 15) is 4.79 Å². The molecule has 1 amide bonds. The molecule has 1 aliphatic carbocycles. The molecule has 1 aromatic rings. The maximum Gasteiger partial charge on any atom is 0.259 e. The molecule has 0 spiro atoms. The largest absolute Gasteiger partial charge is 0.490 e. The number of nitrogens with zero attached hydrogens (tertiary/aromatic N) is 2. The number of carbonyl (C=O) groups excluding carboxylic acids is 1. The van der Waals surface area contributed by atoms with Crippen LogP contribution < -0.4 is 20.2 Å². The van der Waals surface area contributed by atoms with Crippen LogP contribution in [0.4, 0.5) is 0 Å². The third-order valence-corrected chi connectivity index (χ3v) is 5.29. The molecule has 0 heterocycles. The number of hydrazone groups is 1. The van der Waals surface area contributed by atoms with Gasteiger partial charge < -0.3 is 19.7 Å². The summed E-state index contributed by atoms with van der Waals surface area (Å²) in [5.74, 6) is 0.896. The van der Waals surface area contributed by atoms with Crippen molar-refractivity contribution in [1.29, 1.82) is 0 Å². The molecule has 0 atom stereocenters. The van der Waals surface area contributed by atoms with Crippen LogP contribution in [-0.2, 0) is 4.79 Å². The molecule has 2 rings (SSSR count). The molecule has 0 aliphatic heterocycles. The summed E-state index contributed by atoms with van der Waals surface area (Å²) in [6, 6.07) is 4.09. The lowest BCUT2D eigenvalue weighted by Crippen LogP contribution is -2.40. The van der Waals surface area contributed by atoms with Crippen LogP contribution in [0, 0.1) is 0 Å². The molecule has 29 heavy (non-hydrogen) atoms. The van der Waals surface area contributed by atoms with E-state index in [2.05, 4.69) is 31.8 Å². The minimum atomic E-state index is -0.131. The Kier molecular flexibility index (Phi) is 9.66. The summed E-state index contributed by atoms with van der Waals surface area (Å²) in [7, 11) is 3.37. The van der Waals surface area contributed by atoms with Gasteiger partial charge in [0.1, 0.15) is 0 Å². The Hall–Kier alpha value is -1.87. The van der Waals surface area contributed by atoms with E-state index < -0.39 is 0 Å². The summed E-state index contributed by atoms with van der Waals surface area (Å²) in [5, 5.41) is 8.06. The normalized spacial score (nSPS) is 14.5. The zero-order chi connectivity index (χ0) is 21.2. The second kappa shape index (κ2) is 12.0. The molecule has 1 aliphatic rings. The van der Waals surface area contributed by atoms with Crippen molar-refractivity contribution in [3.05, 3.63) is 22.2 Å². The molecule has 2 N–H and O–H groups in total. The highest BCUT2D eigenvalue weighted by atomic mass is 79.9. The summed E-state index contributed by atoms with van der Waals surface area (Å²) in [4.78, 5) is 13.3. The first-order valence-electron chi connectivity index (χ1n) is 9.79. The zero-order valence-electron chi connectivity index (χ0n) is 17.2. The maximum atomic E-state index is 11.8. The minimum absolute atomic E-state index is 0.0677. The van der Waals surface area contributed by atoms with E-state index >= 15 is 0 Å². The average molecular weight is 485 g/mol. The van der Waals surface area contributed by atoms with Gasteiger partial charge in [0.15, 0.2) is 23.2 Å². The van der Waals surface area contributed by atoms with Gasteiger partial charge in [-0.3, -0.25) is 10.2 Å². The van der Waals surface area contributed by atoms with Crippen LogP contribution in [-0.4, -0.2) is 55.5 Å². The first kappa shape index (κ1) is 23.4. The number of nitrogens with one attached hydrogen (secondary N) is 2. The number of carbonyl (C=O) groups is 1.